The molecule has 0 saturated heterocycles. The van der Waals surface area contributed by atoms with E-state index < -0.39 is 29.3 Å². The van der Waals surface area contributed by atoms with E-state index in [1.54, 1.807) is 31.2 Å². The second-order valence-corrected chi connectivity index (χ2v) is 11.8. The van der Waals surface area contributed by atoms with Crippen LogP contribution in [0.4, 0.5) is 0 Å². The molecule has 0 aromatic heterocycles. The summed E-state index contributed by atoms with van der Waals surface area (Å²) >= 11 is 0. The first-order chi connectivity index (χ1) is 21.1. The second-order valence-electron chi connectivity index (χ2n) is 11.8. The first kappa shape index (κ1) is 36.9. The molecule has 0 heterocycles. The average Bonchev–Trinajstić information content (AvgIpc) is 3.26. The zero-order valence-electron chi connectivity index (χ0n) is 26.2. The summed E-state index contributed by atoms with van der Waals surface area (Å²) < 4.78 is 5.27. The van der Waals surface area contributed by atoms with Crippen LogP contribution in [-0.4, -0.2) is 51.2 Å². The maximum Gasteiger partial charge on any atom is 0.328 e. The Kier molecular flexibility index (Phi) is 17.3. The van der Waals surface area contributed by atoms with E-state index in [2.05, 4.69) is 17.1 Å². The van der Waals surface area contributed by atoms with Gasteiger partial charge in [-0.2, -0.15) is 0 Å². The number of rotatable bonds is 22. The van der Waals surface area contributed by atoms with Gasteiger partial charge in [0.1, 0.15) is 25.0 Å². The number of nitrogens with zero attached hydrogens (tertiary/aromatic N) is 1. The number of aliphatic hydroxyl groups excluding tert-OH is 2. The predicted molar refractivity (Wildman–Crippen MR) is 164 cm³/mol. The van der Waals surface area contributed by atoms with Gasteiger partial charge < -0.3 is 25.1 Å². The van der Waals surface area contributed by atoms with Crippen molar-refractivity contribution in [2.24, 2.45) is 11.8 Å². The summed E-state index contributed by atoms with van der Waals surface area (Å²) in [6.07, 6.45) is 12.3. The third kappa shape index (κ3) is 14.4. The van der Waals surface area contributed by atoms with E-state index in [4.69, 9.17) is 4.74 Å². The number of ether oxygens (including phenoxy) is 1. The molecule has 246 valence electrons. The summed E-state index contributed by atoms with van der Waals surface area (Å²) in [5.41, 5.74) is 1.21. The molecule has 0 radical (unpaired) electrons. The minimum absolute atomic E-state index is 0.0425. The standard InChI is InChI=1S/C33H50N2O9/c1-3-4-5-6-9-15-27(36)18-19-29-28(30(37)21-31(29)38)16-10-7-8-11-17-32(39)34-24(2)33(40)43-22-25-13-12-14-26(20-25)23-44-35(41)42/h7,10,12-14,20,24,28-31,37-38H,3-6,8-9,11,15-19,21-23H2,1-2H3,(H,34,39)/t24?,28-,29-,30+,31-/m1/s1. The number of esters is 1. The van der Waals surface area contributed by atoms with Crippen molar-refractivity contribution in [2.45, 2.75) is 129 Å². The van der Waals surface area contributed by atoms with E-state index >= 15 is 0 Å². The molecule has 0 aliphatic heterocycles. The van der Waals surface area contributed by atoms with Crippen LogP contribution in [0.1, 0.15) is 108 Å². The molecule has 1 amide bonds. The maximum atomic E-state index is 12.3. The highest BCUT2D eigenvalue weighted by Gasteiger charge is 2.40. The average molecular weight is 619 g/mol. The number of aliphatic hydroxyl groups is 2. The Hall–Kier alpha value is -3.31. The first-order valence-electron chi connectivity index (χ1n) is 15.9. The second kappa shape index (κ2) is 20.6. The monoisotopic (exact) mass is 618 g/mol. The molecule has 11 nitrogen and oxygen atoms in total. The molecular weight excluding hydrogens is 568 g/mol. The zero-order chi connectivity index (χ0) is 32.3. The van der Waals surface area contributed by atoms with E-state index in [1.807, 2.05) is 12.2 Å². The van der Waals surface area contributed by atoms with Crippen LogP contribution in [0.3, 0.4) is 0 Å². The van der Waals surface area contributed by atoms with E-state index in [1.165, 1.54) is 12.8 Å². The van der Waals surface area contributed by atoms with Crippen LogP contribution in [-0.2, 0) is 37.2 Å². The molecule has 1 unspecified atom stereocenters. The fourth-order valence-electron chi connectivity index (χ4n) is 5.62. The summed E-state index contributed by atoms with van der Waals surface area (Å²) in [5.74, 6) is -0.822. The molecule has 5 atom stereocenters. The molecule has 2 rings (SSSR count). The Morgan fingerprint density at radius 3 is 2.43 bits per heavy atom. The van der Waals surface area contributed by atoms with Crippen molar-refractivity contribution in [2.75, 3.05) is 0 Å². The Morgan fingerprint density at radius 2 is 1.70 bits per heavy atom. The van der Waals surface area contributed by atoms with Crippen LogP contribution >= 0.6 is 0 Å². The van der Waals surface area contributed by atoms with Crippen molar-refractivity contribution in [3.05, 3.63) is 57.7 Å². The van der Waals surface area contributed by atoms with Gasteiger partial charge in [-0.05, 0) is 68.4 Å². The van der Waals surface area contributed by atoms with Crippen molar-refractivity contribution in [1.29, 1.82) is 0 Å². The third-order valence-electron chi connectivity index (χ3n) is 8.13. The summed E-state index contributed by atoms with van der Waals surface area (Å²) in [6.45, 7) is 3.46. The lowest BCUT2D eigenvalue weighted by atomic mass is 9.86. The van der Waals surface area contributed by atoms with E-state index in [-0.39, 0.29) is 43.2 Å². The van der Waals surface area contributed by atoms with Crippen LogP contribution in [0.15, 0.2) is 36.4 Å². The molecule has 3 N–H and O–H groups in total. The van der Waals surface area contributed by atoms with E-state index in [9.17, 15) is 34.7 Å². The SMILES string of the molecule is CCCCCCCC(=O)CC[C@@H]1[C@@H](CC=CCCCC(=O)NC(C)C(=O)OCc2cccc(CO[N+](=O)[O-])c2)[C@@H](O)C[C@H]1O. The molecule has 11 heteroatoms. The molecule has 1 aliphatic carbocycles. The number of allylic oxidation sites excluding steroid dienone is 2. The highest BCUT2D eigenvalue weighted by molar-refractivity contribution is 5.84. The topological polar surface area (TPSA) is 165 Å². The van der Waals surface area contributed by atoms with Gasteiger partial charge in [-0.25, -0.2) is 4.79 Å². The van der Waals surface area contributed by atoms with Gasteiger partial charge in [0.15, 0.2) is 0 Å². The van der Waals surface area contributed by atoms with Gasteiger partial charge in [0.2, 0.25) is 5.91 Å². The molecule has 1 aromatic rings. The van der Waals surface area contributed by atoms with Crippen molar-refractivity contribution in [3.63, 3.8) is 0 Å². The Bertz CT molecular complexity index is 1080. The van der Waals surface area contributed by atoms with Crippen molar-refractivity contribution in [3.8, 4) is 0 Å². The lowest BCUT2D eigenvalue weighted by Gasteiger charge is -2.22. The molecule has 1 saturated carbocycles. The molecule has 0 bridgehead atoms. The Morgan fingerprint density at radius 1 is 1.00 bits per heavy atom. The fraction of sp³-hybridized carbons (Fsp3) is 0.667. The number of hydrogen-bond acceptors (Lipinski definition) is 9. The fourth-order valence-corrected chi connectivity index (χ4v) is 5.62. The predicted octanol–water partition coefficient (Wildman–Crippen LogP) is 5.13. The summed E-state index contributed by atoms with van der Waals surface area (Å²) in [4.78, 5) is 51.6. The van der Waals surface area contributed by atoms with Crippen LogP contribution in [0.5, 0.6) is 0 Å². The van der Waals surface area contributed by atoms with Gasteiger partial charge in [0.25, 0.3) is 5.09 Å². The molecular formula is C33H50N2O9. The number of hydrogen-bond donors (Lipinski definition) is 3. The van der Waals surface area contributed by atoms with Crippen LogP contribution in [0, 0.1) is 22.0 Å². The number of nitrogens with one attached hydrogen (secondary N) is 1. The molecule has 1 aliphatic rings. The number of carbonyl (C=O) groups excluding carboxylic acids is 3. The molecule has 1 fully saturated rings. The highest BCUT2D eigenvalue weighted by Crippen LogP contribution is 2.38. The van der Waals surface area contributed by atoms with Gasteiger partial charge >= 0.3 is 5.97 Å². The first-order valence-corrected chi connectivity index (χ1v) is 15.9. The molecule has 1 aromatic carbocycles. The van der Waals surface area contributed by atoms with E-state index in [0.717, 1.165) is 19.3 Å². The van der Waals surface area contributed by atoms with Gasteiger partial charge in [0, 0.05) is 19.3 Å². The lowest BCUT2D eigenvalue weighted by molar-refractivity contribution is -0.763. The van der Waals surface area contributed by atoms with E-state index in [0.29, 0.717) is 56.1 Å². The number of benzene rings is 1. The number of carbonyl (C=O) groups is 3. The zero-order valence-corrected chi connectivity index (χ0v) is 26.2. The smallest absolute Gasteiger partial charge is 0.328 e. The lowest BCUT2D eigenvalue weighted by Crippen LogP contribution is -2.39. The summed E-state index contributed by atoms with van der Waals surface area (Å²) in [7, 11) is 0. The largest absolute Gasteiger partial charge is 0.459 e. The van der Waals surface area contributed by atoms with Gasteiger partial charge in [0.05, 0.1) is 12.2 Å². The van der Waals surface area contributed by atoms with Crippen molar-refractivity contribution >= 4 is 17.7 Å². The highest BCUT2D eigenvalue weighted by atomic mass is 16.9. The third-order valence-corrected chi connectivity index (χ3v) is 8.13. The van der Waals surface area contributed by atoms with Crippen molar-refractivity contribution in [1.82, 2.24) is 5.32 Å². The number of amides is 1. The van der Waals surface area contributed by atoms with Gasteiger partial charge in [-0.3, -0.25) is 9.59 Å². The quantitative estimate of drug-likeness (QED) is 0.0525. The Balaban J connectivity index is 1.64. The van der Waals surface area contributed by atoms with Crippen LogP contribution in [0.25, 0.3) is 0 Å². The van der Waals surface area contributed by atoms with Crippen molar-refractivity contribution < 1.29 is 39.3 Å². The number of Topliss-reactive ketones (excluding diaryl/α,β-unsaturated/α-hetero) is 1. The van der Waals surface area contributed by atoms with Crippen LogP contribution < -0.4 is 5.32 Å². The van der Waals surface area contributed by atoms with Gasteiger partial charge in [-0.15, -0.1) is 10.1 Å². The molecule has 0 spiro atoms. The maximum absolute atomic E-state index is 12.3. The summed E-state index contributed by atoms with van der Waals surface area (Å²) in [5, 5.41) is 33.1. The number of unbranched alkanes of at least 4 members (excludes halogenated alkanes) is 5. The summed E-state index contributed by atoms with van der Waals surface area (Å²) in [6, 6.07) is 5.86. The normalized spacial score (nSPS) is 20.4. The van der Waals surface area contributed by atoms with Gasteiger partial charge in [-0.1, -0.05) is 69.0 Å². The van der Waals surface area contributed by atoms with Crippen LogP contribution in [0.2, 0.25) is 0 Å². The Labute approximate surface area is 260 Å². The minimum atomic E-state index is -0.875. The molecule has 44 heavy (non-hydrogen) atoms. The number of ketones is 1. The minimum Gasteiger partial charge on any atom is -0.459 e.